The maximum absolute atomic E-state index is 10.7. The van der Waals surface area contributed by atoms with Gasteiger partial charge in [-0.2, -0.15) is 0 Å². The summed E-state index contributed by atoms with van der Waals surface area (Å²) in [6.45, 7) is 6.97. The molecule has 3 N–H and O–H groups in total. The van der Waals surface area contributed by atoms with Crippen molar-refractivity contribution in [3.8, 4) is 11.5 Å². The lowest BCUT2D eigenvalue weighted by Crippen LogP contribution is -2.44. The van der Waals surface area contributed by atoms with E-state index in [0.717, 1.165) is 11.3 Å². The first kappa shape index (κ1) is 20.6. The van der Waals surface area contributed by atoms with Gasteiger partial charge in [0.2, 0.25) is 0 Å². The van der Waals surface area contributed by atoms with Crippen molar-refractivity contribution < 1.29 is 19.0 Å². The Hall–Kier alpha value is -2.67. The van der Waals surface area contributed by atoms with Gasteiger partial charge in [0.1, 0.15) is 17.1 Å². The van der Waals surface area contributed by atoms with Crippen molar-refractivity contribution in [2.45, 2.75) is 32.9 Å². The molecular weight excluding hydrogens is 346 g/mol. The van der Waals surface area contributed by atoms with E-state index in [1.165, 1.54) is 0 Å². The lowest BCUT2D eigenvalue weighted by Gasteiger charge is -2.22. The van der Waals surface area contributed by atoms with Crippen LogP contribution in [-0.2, 0) is 12.1 Å². The van der Waals surface area contributed by atoms with Crippen LogP contribution in [0, 0.1) is 6.92 Å². The minimum absolute atomic E-state index is 0.262. The first-order valence-corrected chi connectivity index (χ1v) is 8.92. The van der Waals surface area contributed by atoms with Crippen LogP contribution in [0.4, 0.5) is 0 Å². The van der Waals surface area contributed by atoms with Gasteiger partial charge < -0.3 is 29.6 Å². The standard InChI is InChI=1S/C20H29N3O4/c1-6-21-19(23-13-20(3,24)18-10-7-14(2)27-18)22-12-15-8-9-16(25-4)17(11-15)26-5/h7-11,24H,6,12-13H2,1-5H3,(H2,21,22,23). The summed E-state index contributed by atoms with van der Waals surface area (Å²) < 4.78 is 16.1. The van der Waals surface area contributed by atoms with E-state index in [9.17, 15) is 5.11 Å². The van der Waals surface area contributed by atoms with Gasteiger partial charge in [0, 0.05) is 6.54 Å². The molecule has 1 unspecified atom stereocenters. The van der Waals surface area contributed by atoms with Crippen molar-refractivity contribution in [2.75, 3.05) is 27.3 Å². The predicted octanol–water partition coefficient (Wildman–Crippen LogP) is 2.57. The molecule has 0 saturated heterocycles. The Morgan fingerprint density at radius 3 is 2.48 bits per heavy atom. The molecule has 7 heteroatoms. The topological polar surface area (TPSA) is 88.3 Å². The molecule has 7 nitrogen and oxygen atoms in total. The number of benzene rings is 1. The Labute approximate surface area is 160 Å². The van der Waals surface area contributed by atoms with E-state index < -0.39 is 5.60 Å². The Morgan fingerprint density at radius 1 is 1.15 bits per heavy atom. The molecule has 1 aromatic carbocycles. The van der Waals surface area contributed by atoms with Crippen molar-refractivity contribution in [3.63, 3.8) is 0 Å². The minimum atomic E-state index is -1.15. The largest absolute Gasteiger partial charge is 0.493 e. The van der Waals surface area contributed by atoms with Gasteiger partial charge in [0.15, 0.2) is 17.5 Å². The van der Waals surface area contributed by atoms with Crippen molar-refractivity contribution in [1.29, 1.82) is 0 Å². The summed E-state index contributed by atoms with van der Waals surface area (Å²) in [5.41, 5.74) is -0.161. The monoisotopic (exact) mass is 375 g/mol. The van der Waals surface area contributed by atoms with E-state index >= 15 is 0 Å². The second-order valence-electron chi connectivity index (χ2n) is 6.42. The van der Waals surface area contributed by atoms with Crippen LogP contribution >= 0.6 is 0 Å². The number of methoxy groups -OCH3 is 2. The zero-order valence-electron chi connectivity index (χ0n) is 16.6. The Bertz CT molecular complexity index is 768. The number of guanidine groups is 1. The number of furan rings is 1. The van der Waals surface area contributed by atoms with Gasteiger partial charge in [-0.05, 0) is 50.6 Å². The van der Waals surface area contributed by atoms with Crippen LogP contribution in [-0.4, -0.2) is 38.4 Å². The van der Waals surface area contributed by atoms with Crippen LogP contribution in [0.3, 0.4) is 0 Å². The van der Waals surface area contributed by atoms with Crippen molar-refractivity contribution in [2.24, 2.45) is 4.99 Å². The molecule has 2 aromatic rings. The molecular formula is C20H29N3O4. The summed E-state index contributed by atoms with van der Waals surface area (Å²) >= 11 is 0. The highest BCUT2D eigenvalue weighted by Gasteiger charge is 2.27. The van der Waals surface area contributed by atoms with Crippen molar-refractivity contribution in [1.82, 2.24) is 10.6 Å². The summed E-state index contributed by atoms with van der Waals surface area (Å²) in [4.78, 5) is 4.57. The Kier molecular flexibility index (Phi) is 7.12. The number of ether oxygens (including phenoxy) is 2. The van der Waals surface area contributed by atoms with Gasteiger partial charge in [-0.1, -0.05) is 6.07 Å². The average Bonchev–Trinajstić information content (AvgIpc) is 3.11. The second kappa shape index (κ2) is 9.32. The number of rotatable bonds is 8. The van der Waals surface area contributed by atoms with E-state index in [4.69, 9.17) is 13.9 Å². The third kappa shape index (κ3) is 5.65. The number of hydrogen-bond acceptors (Lipinski definition) is 5. The van der Waals surface area contributed by atoms with Gasteiger partial charge in [-0.25, -0.2) is 4.99 Å². The van der Waals surface area contributed by atoms with Crippen LogP contribution in [0.25, 0.3) is 0 Å². The summed E-state index contributed by atoms with van der Waals surface area (Å²) in [5, 5.41) is 17.0. The molecule has 0 aliphatic rings. The quantitative estimate of drug-likeness (QED) is 0.485. The van der Waals surface area contributed by atoms with E-state index in [1.807, 2.05) is 38.1 Å². The number of aliphatic hydroxyl groups is 1. The summed E-state index contributed by atoms with van der Waals surface area (Å²) in [6.07, 6.45) is 0. The van der Waals surface area contributed by atoms with E-state index in [-0.39, 0.29) is 6.54 Å². The second-order valence-corrected chi connectivity index (χ2v) is 6.42. The summed E-state index contributed by atoms with van der Waals surface area (Å²) in [5.74, 6) is 3.23. The number of aliphatic imine (C=N–C) groups is 1. The molecule has 1 heterocycles. The third-order valence-electron chi connectivity index (χ3n) is 4.08. The molecule has 0 aliphatic carbocycles. The zero-order chi connectivity index (χ0) is 19.9. The van der Waals surface area contributed by atoms with Crippen molar-refractivity contribution >= 4 is 5.96 Å². The average molecular weight is 375 g/mol. The lowest BCUT2D eigenvalue weighted by molar-refractivity contribution is 0.0378. The molecule has 148 valence electrons. The van der Waals surface area contributed by atoms with Crippen LogP contribution in [0.2, 0.25) is 0 Å². The fourth-order valence-corrected chi connectivity index (χ4v) is 2.56. The van der Waals surface area contributed by atoms with Crippen LogP contribution in [0.15, 0.2) is 39.7 Å². The molecule has 27 heavy (non-hydrogen) atoms. The van der Waals surface area contributed by atoms with Gasteiger partial charge >= 0.3 is 0 Å². The van der Waals surface area contributed by atoms with Crippen LogP contribution in [0.5, 0.6) is 11.5 Å². The normalized spacial score (nSPS) is 13.8. The first-order valence-electron chi connectivity index (χ1n) is 8.92. The molecule has 2 rings (SSSR count). The number of hydrogen-bond donors (Lipinski definition) is 3. The molecule has 0 radical (unpaired) electrons. The molecule has 0 spiro atoms. The number of aryl methyl sites for hydroxylation is 1. The van der Waals surface area contributed by atoms with E-state index in [2.05, 4.69) is 15.6 Å². The van der Waals surface area contributed by atoms with Gasteiger partial charge in [-0.3, -0.25) is 0 Å². The molecule has 0 bridgehead atoms. The van der Waals surface area contributed by atoms with Crippen molar-refractivity contribution in [3.05, 3.63) is 47.4 Å². The van der Waals surface area contributed by atoms with Gasteiger partial charge in [-0.15, -0.1) is 0 Å². The molecule has 1 aromatic heterocycles. The van der Waals surface area contributed by atoms with Crippen LogP contribution in [0.1, 0.15) is 30.9 Å². The zero-order valence-corrected chi connectivity index (χ0v) is 16.6. The lowest BCUT2D eigenvalue weighted by atomic mass is 10.0. The minimum Gasteiger partial charge on any atom is -0.493 e. The highest BCUT2D eigenvalue weighted by molar-refractivity contribution is 5.79. The van der Waals surface area contributed by atoms with E-state index in [0.29, 0.717) is 36.3 Å². The highest BCUT2D eigenvalue weighted by atomic mass is 16.5. The molecule has 0 fully saturated rings. The Balaban J connectivity index is 2.05. The molecule has 0 saturated carbocycles. The number of nitrogens with zero attached hydrogens (tertiary/aromatic N) is 1. The molecule has 0 aliphatic heterocycles. The van der Waals surface area contributed by atoms with E-state index in [1.54, 1.807) is 27.2 Å². The molecule has 0 amide bonds. The Morgan fingerprint density at radius 2 is 1.89 bits per heavy atom. The maximum Gasteiger partial charge on any atom is 0.191 e. The summed E-state index contributed by atoms with van der Waals surface area (Å²) in [7, 11) is 3.21. The fourth-order valence-electron chi connectivity index (χ4n) is 2.56. The smallest absolute Gasteiger partial charge is 0.191 e. The number of nitrogens with one attached hydrogen (secondary N) is 2. The predicted molar refractivity (Wildman–Crippen MR) is 105 cm³/mol. The van der Waals surface area contributed by atoms with Gasteiger partial charge in [0.25, 0.3) is 0 Å². The fraction of sp³-hybridized carbons (Fsp3) is 0.450. The molecule has 1 atom stereocenters. The highest BCUT2D eigenvalue weighted by Crippen LogP contribution is 2.27. The third-order valence-corrected chi connectivity index (χ3v) is 4.08. The van der Waals surface area contributed by atoms with Crippen LogP contribution < -0.4 is 20.1 Å². The SMILES string of the molecule is CCNC(=NCc1ccc(OC)c(OC)c1)NCC(C)(O)c1ccc(C)o1. The maximum atomic E-state index is 10.7. The van der Waals surface area contributed by atoms with Gasteiger partial charge in [0.05, 0.1) is 27.3 Å². The first-order chi connectivity index (χ1) is 12.9. The summed E-state index contributed by atoms with van der Waals surface area (Å²) in [6, 6.07) is 9.31.